The fourth-order valence-corrected chi connectivity index (χ4v) is 1.32. The zero-order valence-electron chi connectivity index (χ0n) is 9.96. The topological polar surface area (TPSA) is 75.6 Å². The van der Waals surface area contributed by atoms with Crippen LogP contribution in [0.5, 0.6) is 0 Å². The van der Waals surface area contributed by atoms with E-state index in [1.54, 1.807) is 20.8 Å². The van der Waals surface area contributed by atoms with Crippen LogP contribution in [0.4, 0.5) is 4.79 Å². The summed E-state index contributed by atoms with van der Waals surface area (Å²) in [4.78, 5) is 22.4. The minimum atomic E-state index is -1.40. The van der Waals surface area contributed by atoms with Gasteiger partial charge in [0, 0.05) is 5.88 Å². The molecule has 6 heteroatoms. The number of carboxylic acid groups (broad SMARTS) is 1. The average Bonchev–Trinajstić information content (AvgIpc) is 1.99. The number of amides is 1. The third-order valence-corrected chi connectivity index (χ3v) is 2.03. The molecule has 0 heterocycles. The van der Waals surface area contributed by atoms with Gasteiger partial charge < -0.3 is 15.2 Å². The molecule has 0 spiro atoms. The van der Waals surface area contributed by atoms with Gasteiger partial charge in [0.1, 0.15) is 11.1 Å². The fourth-order valence-electron chi connectivity index (χ4n) is 0.941. The molecule has 0 rings (SSSR count). The summed E-state index contributed by atoms with van der Waals surface area (Å²) < 4.78 is 4.97. The Bertz CT molecular complexity index is 274. The minimum Gasteiger partial charge on any atom is -0.480 e. The van der Waals surface area contributed by atoms with Gasteiger partial charge >= 0.3 is 12.1 Å². The van der Waals surface area contributed by atoms with Gasteiger partial charge in [0.25, 0.3) is 0 Å². The number of nitrogens with one attached hydrogen (secondary N) is 1. The summed E-state index contributed by atoms with van der Waals surface area (Å²) in [6, 6.07) is 0. The number of hydrogen-bond donors (Lipinski definition) is 2. The van der Waals surface area contributed by atoms with Crippen molar-refractivity contribution in [1.82, 2.24) is 5.32 Å². The van der Waals surface area contributed by atoms with Crippen LogP contribution >= 0.6 is 11.6 Å². The molecule has 0 saturated heterocycles. The molecule has 0 radical (unpaired) electrons. The molecule has 0 aromatic rings. The van der Waals surface area contributed by atoms with E-state index in [9.17, 15) is 9.59 Å². The number of alkyl carbamates (subject to hydrolysis) is 1. The molecule has 0 aliphatic rings. The van der Waals surface area contributed by atoms with E-state index in [0.717, 1.165) is 0 Å². The summed E-state index contributed by atoms with van der Waals surface area (Å²) in [5.74, 6) is -1.00. The summed E-state index contributed by atoms with van der Waals surface area (Å²) in [7, 11) is 0. The van der Waals surface area contributed by atoms with Crippen molar-refractivity contribution >= 4 is 23.7 Å². The number of hydrogen-bond acceptors (Lipinski definition) is 3. The second kappa shape index (κ2) is 5.39. The van der Waals surface area contributed by atoms with E-state index in [0.29, 0.717) is 0 Å². The number of carbonyl (C=O) groups excluding carboxylic acids is 1. The summed E-state index contributed by atoms with van der Waals surface area (Å²) in [6.07, 6.45) is -0.633. The highest BCUT2D eigenvalue weighted by Crippen LogP contribution is 2.13. The first-order valence-corrected chi connectivity index (χ1v) is 5.45. The molecule has 1 unspecified atom stereocenters. The molecule has 2 N–H and O–H groups in total. The Morgan fingerprint density at radius 3 is 2.12 bits per heavy atom. The Labute approximate surface area is 100 Å². The molecule has 0 fully saturated rings. The zero-order chi connectivity index (χ0) is 13.0. The second-order valence-corrected chi connectivity index (χ2v) is 5.08. The predicted molar refractivity (Wildman–Crippen MR) is 60.7 cm³/mol. The van der Waals surface area contributed by atoms with E-state index < -0.39 is 23.2 Å². The first-order chi connectivity index (χ1) is 7.10. The molecule has 0 bridgehead atoms. The Hall–Kier alpha value is -0.970. The van der Waals surface area contributed by atoms with Crippen LogP contribution in [0.15, 0.2) is 0 Å². The number of carboxylic acids is 1. The number of carbonyl (C=O) groups is 2. The quantitative estimate of drug-likeness (QED) is 0.749. The van der Waals surface area contributed by atoms with E-state index in [-0.39, 0.29) is 12.3 Å². The summed E-state index contributed by atoms with van der Waals surface area (Å²) in [5.41, 5.74) is -2.06. The monoisotopic (exact) mass is 251 g/mol. The van der Waals surface area contributed by atoms with Crippen molar-refractivity contribution in [3.63, 3.8) is 0 Å². The third-order valence-electron chi connectivity index (χ3n) is 1.84. The highest BCUT2D eigenvalue weighted by molar-refractivity contribution is 6.18. The second-order valence-electron chi connectivity index (χ2n) is 4.70. The van der Waals surface area contributed by atoms with Crippen LogP contribution in [0, 0.1) is 0 Å². The third kappa shape index (κ3) is 5.21. The first-order valence-electron chi connectivity index (χ1n) is 4.91. The summed E-state index contributed by atoms with van der Waals surface area (Å²) in [5, 5.41) is 11.3. The van der Waals surface area contributed by atoms with E-state index in [1.807, 2.05) is 0 Å². The van der Waals surface area contributed by atoms with Crippen molar-refractivity contribution in [3.8, 4) is 0 Å². The maximum atomic E-state index is 11.4. The van der Waals surface area contributed by atoms with Crippen molar-refractivity contribution < 1.29 is 19.4 Å². The normalized spacial score (nSPS) is 15.1. The van der Waals surface area contributed by atoms with Crippen LogP contribution in [-0.4, -0.2) is 34.2 Å². The van der Waals surface area contributed by atoms with Gasteiger partial charge in [-0.1, -0.05) is 0 Å². The largest absolute Gasteiger partial charge is 0.480 e. The van der Waals surface area contributed by atoms with Crippen molar-refractivity contribution in [2.24, 2.45) is 0 Å². The summed E-state index contributed by atoms with van der Waals surface area (Å²) >= 11 is 5.49. The standard InChI is InChI=1S/C10H18ClNO4/c1-9(2,3)16-8(15)12-10(4,5-6-11)7(13)14/h5-6H2,1-4H3,(H,12,15)(H,13,14). The lowest BCUT2D eigenvalue weighted by atomic mass is 10.00. The predicted octanol–water partition coefficient (Wildman–Crippen LogP) is 1.98. The molecule has 94 valence electrons. The lowest BCUT2D eigenvalue weighted by Gasteiger charge is -2.27. The molecule has 0 aliphatic heterocycles. The Kier molecular flexibility index (Phi) is 5.06. The van der Waals surface area contributed by atoms with E-state index in [2.05, 4.69) is 5.32 Å². The SMILES string of the molecule is CC(C)(C)OC(=O)NC(C)(CCCl)C(=O)O. The number of ether oxygens (including phenoxy) is 1. The van der Waals surface area contributed by atoms with Gasteiger partial charge in [0.15, 0.2) is 0 Å². The van der Waals surface area contributed by atoms with Crippen molar-refractivity contribution in [2.45, 2.75) is 45.3 Å². The van der Waals surface area contributed by atoms with Gasteiger partial charge in [-0.25, -0.2) is 9.59 Å². The Morgan fingerprint density at radius 1 is 1.31 bits per heavy atom. The smallest absolute Gasteiger partial charge is 0.408 e. The fraction of sp³-hybridized carbons (Fsp3) is 0.800. The van der Waals surface area contributed by atoms with Crippen molar-refractivity contribution in [2.75, 3.05) is 5.88 Å². The Morgan fingerprint density at radius 2 is 1.81 bits per heavy atom. The number of halogens is 1. The van der Waals surface area contributed by atoms with E-state index >= 15 is 0 Å². The van der Waals surface area contributed by atoms with Crippen LogP contribution < -0.4 is 5.32 Å². The summed E-state index contributed by atoms with van der Waals surface area (Å²) in [6.45, 7) is 6.49. The van der Waals surface area contributed by atoms with Gasteiger partial charge in [0.2, 0.25) is 0 Å². The van der Waals surface area contributed by atoms with Crippen molar-refractivity contribution in [3.05, 3.63) is 0 Å². The lowest BCUT2D eigenvalue weighted by Crippen LogP contribution is -2.53. The molecule has 5 nitrogen and oxygen atoms in total. The number of rotatable bonds is 4. The number of aliphatic carboxylic acids is 1. The van der Waals surface area contributed by atoms with Gasteiger partial charge in [-0.05, 0) is 34.1 Å². The van der Waals surface area contributed by atoms with Gasteiger partial charge in [0.05, 0.1) is 0 Å². The van der Waals surface area contributed by atoms with Crippen LogP contribution in [0.25, 0.3) is 0 Å². The highest BCUT2D eigenvalue weighted by atomic mass is 35.5. The molecule has 0 aliphatic carbocycles. The van der Waals surface area contributed by atoms with Crippen LogP contribution in [-0.2, 0) is 9.53 Å². The minimum absolute atomic E-state index is 0.128. The first kappa shape index (κ1) is 15.0. The molecule has 1 atom stereocenters. The molecule has 1 amide bonds. The molecule has 0 aromatic heterocycles. The maximum absolute atomic E-state index is 11.4. The van der Waals surface area contributed by atoms with E-state index in [4.69, 9.17) is 21.4 Å². The van der Waals surface area contributed by atoms with Gasteiger partial charge in [-0.15, -0.1) is 11.6 Å². The highest BCUT2D eigenvalue weighted by Gasteiger charge is 2.35. The molecule has 16 heavy (non-hydrogen) atoms. The number of alkyl halides is 1. The lowest BCUT2D eigenvalue weighted by molar-refractivity contribution is -0.144. The molecular weight excluding hydrogens is 234 g/mol. The average molecular weight is 252 g/mol. The Balaban J connectivity index is 4.53. The van der Waals surface area contributed by atoms with Crippen LogP contribution in [0.1, 0.15) is 34.1 Å². The van der Waals surface area contributed by atoms with Crippen LogP contribution in [0.3, 0.4) is 0 Å². The molecule has 0 saturated carbocycles. The molecular formula is C10H18ClNO4. The van der Waals surface area contributed by atoms with Gasteiger partial charge in [-0.3, -0.25) is 0 Å². The van der Waals surface area contributed by atoms with Crippen LogP contribution in [0.2, 0.25) is 0 Å². The maximum Gasteiger partial charge on any atom is 0.408 e. The zero-order valence-corrected chi connectivity index (χ0v) is 10.7. The van der Waals surface area contributed by atoms with Crippen molar-refractivity contribution in [1.29, 1.82) is 0 Å². The van der Waals surface area contributed by atoms with E-state index in [1.165, 1.54) is 6.92 Å². The van der Waals surface area contributed by atoms with Gasteiger partial charge in [-0.2, -0.15) is 0 Å². The molecule has 0 aromatic carbocycles.